The second-order valence-electron chi connectivity index (χ2n) is 17.6. The molecule has 1 saturated heterocycles. The first kappa shape index (κ1) is 53.6. The molecule has 15 nitrogen and oxygen atoms in total. The number of carboxylic acid groups (broad SMARTS) is 1. The molecule has 7 rings (SSSR count). The molecular formula is C56H67N3O12. The molecule has 0 radical (unpaired) electrons. The summed E-state index contributed by atoms with van der Waals surface area (Å²) in [5.74, 6) is 2.73. The predicted octanol–water partition coefficient (Wildman–Crippen LogP) is 9.96. The number of nitrogens with one attached hydrogen (secondary N) is 2. The standard InChI is InChI=1S/C36H43NO7.C20H24N2O5/c1-38-25-44-35-22-37-21-34(43-23-26-19-28-9-4-6-11-31(28)33(20-26)40-3)36(35)27-13-15-30(16-14-27)42-18-8-17-41-24-29-10-5-7-12-32(29)39-2;1-12(2)11-26-16-7-15(8-17(9-16)27-13(3)4)19(23)22-18-6-5-14(10-21-18)20(24)25/h4-7,9-16,19-20,34-37H,8,17-18,21-25H2,1-3H3;5-10,12-13H,11H2,1-4H3,(H,24,25)(H,21,22,23)/t34-,35+,36+;/m0./s1. The molecule has 1 aromatic heterocycles. The zero-order chi connectivity index (χ0) is 50.5. The molecule has 3 N–H and O–H groups in total. The fourth-order valence-corrected chi connectivity index (χ4v) is 7.88. The highest BCUT2D eigenvalue weighted by molar-refractivity contribution is 6.04. The van der Waals surface area contributed by atoms with E-state index >= 15 is 0 Å². The summed E-state index contributed by atoms with van der Waals surface area (Å²) < 4.78 is 52.3. The Hall–Kier alpha value is -6.75. The minimum Gasteiger partial charge on any atom is -0.496 e. The fraction of sp³-hybridized carbons (Fsp3) is 0.375. The van der Waals surface area contributed by atoms with Crippen LogP contribution in [0, 0.1) is 5.92 Å². The van der Waals surface area contributed by atoms with Crippen molar-refractivity contribution >= 4 is 28.5 Å². The molecule has 0 saturated carbocycles. The van der Waals surface area contributed by atoms with Gasteiger partial charge in [0.1, 0.15) is 41.4 Å². The number of aromatic carboxylic acids is 1. The molecular weight excluding hydrogens is 907 g/mol. The number of ether oxygens (including phenoxy) is 9. The highest BCUT2D eigenvalue weighted by atomic mass is 16.7. The number of carboxylic acids is 1. The summed E-state index contributed by atoms with van der Waals surface area (Å²) in [5, 5.41) is 17.2. The van der Waals surface area contributed by atoms with Crippen molar-refractivity contribution in [2.45, 2.75) is 71.6 Å². The summed E-state index contributed by atoms with van der Waals surface area (Å²) in [6, 6.07) is 36.4. The van der Waals surface area contributed by atoms with Gasteiger partial charge in [0, 0.05) is 61.3 Å². The smallest absolute Gasteiger partial charge is 0.337 e. The van der Waals surface area contributed by atoms with Crippen LogP contribution < -0.4 is 34.3 Å². The van der Waals surface area contributed by atoms with Crippen molar-refractivity contribution in [3.63, 3.8) is 0 Å². The van der Waals surface area contributed by atoms with Gasteiger partial charge in [-0.05, 0) is 90.9 Å². The molecule has 71 heavy (non-hydrogen) atoms. The second-order valence-corrected chi connectivity index (χ2v) is 17.6. The van der Waals surface area contributed by atoms with Crippen molar-refractivity contribution in [1.82, 2.24) is 10.3 Å². The molecule has 2 heterocycles. The van der Waals surface area contributed by atoms with Crippen LogP contribution in [0.15, 0.2) is 121 Å². The van der Waals surface area contributed by atoms with Crippen LogP contribution in [-0.2, 0) is 32.2 Å². The zero-order valence-electron chi connectivity index (χ0n) is 41.7. The van der Waals surface area contributed by atoms with E-state index in [1.54, 1.807) is 39.5 Å². The van der Waals surface area contributed by atoms with Crippen molar-refractivity contribution in [2.75, 3.05) is 66.3 Å². The van der Waals surface area contributed by atoms with E-state index in [4.69, 9.17) is 47.7 Å². The normalized spacial score (nSPS) is 15.4. The number of carbonyl (C=O) groups is 2. The maximum atomic E-state index is 12.6. The quantitative estimate of drug-likeness (QED) is 0.0386. The number of anilines is 1. The number of hydrogen-bond acceptors (Lipinski definition) is 13. The Morgan fingerprint density at radius 1 is 0.732 bits per heavy atom. The molecule has 0 unspecified atom stereocenters. The summed E-state index contributed by atoms with van der Waals surface area (Å²) in [6.07, 6.45) is 1.72. The Morgan fingerprint density at radius 2 is 1.46 bits per heavy atom. The number of rotatable bonds is 24. The SMILES string of the molecule is CC(C)COc1cc(OC(C)C)cc(C(=O)Nc2ccc(C(=O)O)cn2)c1.COCO[C@@H]1CNC[C@H](OCc2cc(OC)c3ccccc3c2)[C@H]1c1ccc(OCCCOCc2ccccc2OC)cc1. The molecule has 3 atom stereocenters. The van der Waals surface area contributed by atoms with Crippen molar-refractivity contribution in [3.05, 3.63) is 149 Å². The molecule has 5 aromatic carbocycles. The number of amides is 1. The van der Waals surface area contributed by atoms with Gasteiger partial charge in [-0.1, -0.05) is 68.4 Å². The third-order valence-electron chi connectivity index (χ3n) is 11.2. The molecule has 0 bridgehead atoms. The van der Waals surface area contributed by atoms with Gasteiger partial charge in [-0.2, -0.15) is 0 Å². The third-order valence-corrected chi connectivity index (χ3v) is 11.2. The molecule has 0 spiro atoms. The Kier molecular flexibility index (Phi) is 20.8. The summed E-state index contributed by atoms with van der Waals surface area (Å²) in [5.41, 5.74) is 3.65. The average molecular weight is 974 g/mol. The third kappa shape index (κ3) is 16.4. The fourth-order valence-electron chi connectivity index (χ4n) is 7.88. The van der Waals surface area contributed by atoms with Gasteiger partial charge < -0.3 is 58.4 Å². The van der Waals surface area contributed by atoms with E-state index in [2.05, 4.69) is 52.0 Å². The van der Waals surface area contributed by atoms with Crippen LogP contribution in [0.5, 0.6) is 28.7 Å². The number of pyridine rings is 1. The van der Waals surface area contributed by atoms with E-state index in [1.807, 2.05) is 76.2 Å². The number of piperidine rings is 1. The Bertz CT molecular complexity index is 2590. The Balaban J connectivity index is 0.000000262. The first-order valence-corrected chi connectivity index (χ1v) is 23.8. The summed E-state index contributed by atoms with van der Waals surface area (Å²) >= 11 is 0. The lowest BCUT2D eigenvalue weighted by atomic mass is 9.85. The van der Waals surface area contributed by atoms with E-state index in [0.29, 0.717) is 62.6 Å². The monoisotopic (exact) mass is 973 g/mol. The lowest BCUT2D eigenvalue weighted by Crippen LogP contribution is -2.50. The van der Waals surface area contributed by atoms with Crippen molar-refractivity contribution in [3.8, 4) is 28.7 Å². The molecule has 6 aromatic rings. The van der Waals surface area contributed by atoms with E-state index in [1.165, 1.54) is 18.3 Å². The molecule has 0 aliphatic carbocycles. The van der Waals surface area contributed by atoms with Gasteiger partial charge in [0.25, 0.3) is 5.91 Å². The van der Waals surface area contributed by atoms with Crippen LogP contribution >= 0.6 is 0 Å². The Morgan fingerprint density at radius 3 is 2.17 bits per heavy atom. The Labute approximate surface area is 416 Å². The average Bonchev–Trinajstić information content (AvgIpc) is 3.37. The number of fused-ring (bicyclic) bond motifs is 1. The largest absolute Gasteiger partial charge is 0.496 e. The minimum atomic E-state index is -1.08. The van der Waals surface area contributed by atoms with Gasteiger partial charge in [-0.25, -0.2) is 9.78 Å². The van der Waals surface area contributed by atoms with Gasteiger partial charge >= 0.3 is 5.97 Å². The van der Waals surface area contributed by atoms with Crippen LogP contribution in [0.2, 0.25) is 0 Å². The minimum absolute atomic E-state index is 0.0196. The van der Waals surface area contributed by atoms with Gasteiger partial charge in [0.2, 0.25) is 0 Å². The number of para-hydroxylation sites is 1. The van der Waals surface area contributed by atoms with Gasteiger partial charge in [-0.15, -0.1) is 0 Å². The number of nitrogens with zero attached hydrogens (tertiary/aromatic N) is 1. The van der Waals surface area contributed by atoms with E-state index in [0.717, 1.165) is 57.7 Å². The summed E-state index contributed by atoms with van der Waals surface area (Å²) in [7, 11) is 5.02. The number of benzene rings is 5. The lowest BCUT2D eigenvalue weighted by molar-refractivity contribution is -0.113. The van der Waals surface area contributed by atoms with E-state index in [-0.39, 0.29) is 42.4 Å². The van der Waals surface area contributed by atoms with Crippen LogP contribution in [0.3, 0.4) is 0 Å². The van der Waals surface area contributed by atoms with Crippen LogP contribution in [0.1, 0.15) is 77.4 Å². The number of hydrogen-bond donors (Lipinski definition) is 3. The second kappa shape index (κ2) is 27.6. The molecule has 1 amide bonds. The van der Waals surface area contributed by atoms with Gasteiger partial charge in [-0.3, -0.25) is 4.79 Å². The molecule has 1 fully saturated rings. The van der Waals surface area contributed by atoms with E-state index < -0.39 is 11.9 Å². The van der Waals surface area contributed by atoms with Crippen LogP contribution in [-0.4, -0.2) is 101 Å². The van der Waals surface area contributed by atoms with Crippen molar-refractivity contribution < 1.29 is 57.3 Å². The molecule has 15 heteroatoms. The predicted molar refractivity (Wildman–Crippen MR) is 272 cm³/mol. The maximum Gasteiger partial charge on any atom is 0.337 e. The van der Waals surface area contributed by atoms with Crippen LogP contribution in [0.25, 0.3) is 10.8 Å². The summed E-state index contributed by atoms with van der Waals surface area (Å²) in [4.78, 5) is 27.4. The number of methoxy groups -OCH3 is 3. The van der Waals surface area contributed by atoms with Crippen molar-refractivity contribution in [2.24, 2.45) is 5.92 Å². The number of carbonyl (C=O) groups excluding carboxylic acids is 1. The van der Waals surface area contributed by atoms with Crippen molar-refractivity contribution in [1.29, 1.82) is 0 Å². The highest BCUT2D eigenvalue weighted by Gasteiger charge is 2.36. The topological polar surface area (TPSA) is 174 Å². The van der Waals surface area contributed by atoms with E-state index in [9.17, 15) is 9.59 Å². The van der Waals surface area contributed by atoms with Crippen LogP contribution in [0.4, 0.5) is 5.82 Å². The summed E-state index contributed by atoms with van der Waals surface area (Å²) in [6.45, 7) is 12.2. The van der Waals surface area contributed by atoms with Gasteiger partial charge in [0.05, 0.1) is 71.1 Å². The molecule has 1 aliphatic heterocycles. The highest BCUT2D eigenvalue weighted by Crippen LogP contribution is 2.34. The van der Waals surface area contributed by atoms with Gasteiger partial charge in [0.15, 0.2) is 0 Å². The maximum absolute atomic E-state index is 12.6. The molecule has 1 aliphatic rings. The molecule has 378 valence electrons. The lowest BCUT2D eigenvalue weighted by Gasteiger charge is -2.38. The zero-order valence-corrected chi connectivity index (χ0v) is 41.7. The first-order chi connectivity index (χ1) is 34.4. The first-order valence-electron chi connectivity index (χ1n) is 23.8. The number of aromatic nitrogens is 1.